The molecule has 0 atom stereocenters. The molecule has 1 heterocycles. The Bertz CT molecular complexity index is 478. The second kappa shape index (κ2) is 4.54. The molecule has 0 aliphatic rings. The maximum absolute atomic E-state index is 13.6. The Balaban J connectivity index is 2.54. The van der Waals surface area contributed by atoms with Gasteiger partial charge in [-0.3, -0.25) is 0 Å². The van der Waals surface area contributed by atoms with Crippen molar-refractivity contribution in [2.45, 2.75) is 6.54 Å². The van der Waals surface area contributed by atoms with Gasteiger partial charge in [0.2, 0.25) is 0 Å². The highest BCUT2D eigenvalue weighted by Crippen LogP contribution is 2.28. The molecule has 0 aliphatic heterocycles. The molecule has 0 fully saturated rings. The van der Waals surface area contributed by atoms with Crippen molar-refractivity contribution in [3.05, 3.63) is 29.0 Å². The Hall–Kier alpha value is -1.53. The van der Waals surface area contributed by atoms with E-state index in [0.29, 0.717) is 13.1 Å². The number of tetrazole rings is 1. The van der Waals surface area contributed by atoms with Gasteiger partial charge in [0.15, 0.2) is 5.82 Å². The maximum atomic E-state index is 13.6. The molecule has 16 heavy (non-hydrogen) atoms. The summed E-state index contributed by atoms with van der Waals surface area (Å²) in [6.07, 6.45) is 0. The van der Waals surface area contributed by atoms with Crippen molar-refractivity contribution in [2.24, 2.45) is 5.73 Å². The Morgan fingerprint density at radius 2 is 2.25 bits per heavy atom. The van der Waals surface area contributed by atoms with E-state index in [0.717, 1.165) is 0 Å². The second-order valence-corrected chi connectivity index (χ2v) is 3.52. The van der Waals surface area contributed by atoms with Gasteiger partial charge in [0.05, 0.1) is 17.1 Å². The van der Waals surface area contributed by atoms with Crippen molar-refractivity contribution in [3.8, 4) is 11.4 Å². The van der Waals surface area contributed by atoms with Gasteiger partial charge in [-0.15, -0.1) is 5.10 Å². The first kappa shape index (κ1) is 11.0. The molecule has 2 N–H and O–H groups in total. The molecule has 0 spiro atoms. The van der Waals surface area contributed by atoms with E-state index in [9.17, 15) is 4.39 Å². The van der Waals surface area contributed by atoms with Crippen LogP contribution in [0.3, 0.4) is 0 Å². The van der Waals surface area contributed by atoms with Crippen molar-refractivity contribution < 1.29 is 4.39 Å². The number of halogens is 2. The molecule has 1 aromatic heterocycles. The predicted octanol–water partition coefficient (Wildman–Crippen LogP) is 1.09. The number of aromatic nitrogens is 4. The Morgan fingerprint density at radius 1 is 1.44 bits per heavy atom. The summed E-state index contributed by atoms with van der Waals surface area (Å²) in [6.45, 7) is 0.775. The molecule has 2 rings (SSSR count). The molecule has 0 radical (unpaired) electrons. The molecule has 0 amide bonds. The molecule has 0 bridgehead atoms. The molecule has 84 valence electrons. The van der Waals surface area contributed by atoms with Crippen LogP contribution in [0.15, 0.2) is 18.2 Å². The number of hydrogen-bond donors (Lipinski definition) is 1. The largest absolute Gasteiger partial charge is 0.329 e. The lowest BCUT2D eigenvalue weighted by molar-refractivity contribution is 0.595. The Labute approximate surface area is 96.0 Å². The molecule has 0 saturated carbocycles. The fourth-order valence-corrected chi connectivity index (χ4v) is 1.62. The first-order chi connectivity index (χ1) is 7.74. The smallest absolute Gasteiger partial charge is 0.186 e. The minimum Gasteiger partial charge on any atom is -0.329 e. The van der Waals surface area contributed by atoms with Crippen LogP contribution in [0.1, 0.15) is 0 Å². The van der Waals surface area contributed by atoms with E-state index in [4.69, 9.17) is 17.3 Å². The minimum atomic E-state index is -0.458. The van der Waals surface area contributed by atoms with Crippen LogP contribution in [0.2, 0.25) is 5.02 Å². The minimum absolute atomic E-state index is 0.197. The van der Waals surface area contributed by atoms with Crippen LogP contribution < -0.4 is 5.73 Å². The van der Waals surface area contributed by atoms with E-state index in [-0.39, 0.29) is 16.4 Å². The molecule has 7 heteroatoms. The van der Waals surface area contributed by atoms with Crippen molar-refractivity contribution in [1.29, 1.82) is 0 Å². The third kappa shape index (κ3) is 1.89. The fraction of sp³-hybridized carbons (Fsp3) is 0.222. The molecular formula is C9H9ClFN5. The highest BCUT2D eigenvalue weighted by molar-refractivity contribution is 6.33. The first-order valence-corrected chi connectivity index (χ1v) is 5.02. The van der Waals surface area contributed by atoms with Crippen molar-refractivity contribution in [1.82, 2.24) is 20.2 Å². The van der Waals surface area contributed by atoms with Crippen LogP contribution in [0.25, 0.3) is 11.4 Å². The topological polar surface area (TPSA) is 69.6 Å². The van der Waals surface area contributed by atoms with Gasteiger partial charge in [-0.05, 0) is 22.6 Å². The summed E-state index contributed by atoms with van der Waals surface area (Å²) in [5, 5.41) is 11.2. The Kier molecular flexibility index (Phi) is 3.12. The number of benzene rings is 1. The molecule has 1 aromatic carbocycles. The third-order valence-corrected chi connectivity index (χ3v) is 2.37. The Morgan fingerprint density at radius 3 is 2.94 bits per heavy atom. The van der Waals surface area contributed by atoms with E-state index in [2.05, 4.69) is 15.5 Å². The molecule has 0 aliphatic carbocycles. The van der Waals surface area contributed by atoms with E-state index in [1.54, 1.807) is 6.07 Å². The van der Waals surface area contributed by atoms with Crippen molar-refractivity contribution in [2.75, 3.05) is 6.54 Å². The lowest BCUT2D eigenvalue weighted by Gasteiger charge is -2.05. The summed E-state index contributed by atoms with van der Waals surface area (Å²) in [5.41, 5.74) is 5.60. The zero-order chi connectivity index (χ0) is 11.5. The average Bonchev–Trinajstić information content (AvgIpc) is 2.67. The summed E-state index contributed by atoms with van der Waals surface area (Å²) >= 11 is 5.91. The van der Waals surface area contributed by atoms with Gasteiger partial charge >= 0.3 is 0 Å². The highest BCUT2D eigenvalue weighted by Gasteiger charge is 2.16. The number of hydrogen-bond acceptors (Lipinski definition) is 4. The maximum Gasteiger partial charge on any atom is 0.186 e. The average molecular weight is 242 g/mol. The lowest BCUT2D eigenvalue weighted by atomic mass is 10.2. The second-order valence-electron chi connectivity index (χ2n) is 3.11. The molecule has 5 nitrogen and oxygen atoms in total. The summed E-state index contributed by atoms with van der Waals surface area (Å²) in [7, 11) is 0. The normalized spacial score (nSPS) is 10.7. The predicted molar refractivity (Wildman–Crippen MR) is 57.3 cm³/mol. The van der Waals surface area contributed by atoms with Gasteiger partial charge in [-0.25, -0.2) is 9.07 Å². The van der Waals surface area contributed by atoms with E-state index in [1.165, 1.54) is 16.8 Å². The van der Waals surface area contributed by atoms with Crippen LogP contribution in [-0.2, 0) is 6.54 Å². The van der Waals surface area contributed by atoms with Gasteiger partial charge in [0.25, 0.3) is 0 Å². The van der Waals surface area contributed by atoms with Crippen molar-refractivity contribution in [3.63, 3.8) is 0 Å². The third-order valence-electron chi connectivity index (χ3n) is 2.06. The summed E-state index contributed by atoms with van der Waals surface area (Å²) in [5.74, 6) is -0.172. The first-order valence-electron chi connectivity index (χ1n) is 4.64. The van der Waals surface area contributed by atoms with Gasteiger partial charge in [-0.2, -0.15) is 0 Å². The van der Waals surface area contributed by atoms with Gasteiger partial charge < -0.3 is 5.73 Å². The van der Waals surface area contributed by atoms with Crippen LogP contribution in [-0.4, -0.2) is 26.8 Å². The van der Waals surface area contributed by atoms with Crippen LogP contribution >= 0.6 is 11.6 Å². The highest BCUT2D eigenvalue weighted by atomic mass is 35.5. The fourth-order valence-electron chi connectivity index (χ4n) is 1.37. The van der Waals surface area contributed by atoms with E-state index in [1.807, 2.05) is 0 Å². The molecule has 2 aromatic rings. The molecular weight excluding hydrogens is 233 g/mol. The van der Waals surface area contributed by atoms with E-state index < -0.39 is 5.82 Å². The molecule has 0 unspecified atom stereocenters. The monoisotopic (exact) mass is 241 g/mol. The lowest BCUT2D eigenvalue weighted by Crippen LogP contribution is -2.12. The standard InChI is InChI=1S/C9H9ClFN5/c10-6-2-1-3-7(11)8(6)9-13-14-15-16(9)5-4-12/h1-3H,4-5,12H2. The number of rotatable bonds is 3. The van der Waals surface area contributed by atoms with Gasteiger partial charge in [0.1, 0.15) is 5.82 Å². The van der Waals surface area contributed by atoms with Crippen LogP contribution in [0, 0.1) is 5.82 Å². The summed E-state index contributed by atoms with van der Waals surface area (Å²) < 4.78 is 15.0. The molecule has 0 saturated heterocycles. The van der Waals surface area contributed by atoms with Gasteiger partial charge in [0, 0.05) is 6.54 Å². The summed E-state index contributed by atoms with van der Waals surface area (Å²) in [4.78, 5) is 0. The van der Waals surface area contributed by atoms with Crippen LogP contribution in [0.4, 0.5) is 4.39 Å². The van der Waals surface area contributed by atoms with Crippen molar-refractivity contribution >= 4 is 11.6 Å². The van der Waals surface area contributed by atoms with E-state index >= 15 is 0 Å². The zero-order valence-corrected chi connectivity index (χ0v) is 9.02. The zero-order valence-electron chi connectivity index (χ0n) is 8.27. The quantitative estimate of drug-likeness (QED) is 0.873. The summed E-state index contributed by atoms with van der Waals surface area (Å²) in [6, 6.07) is 4.42. The van der Waals surface area contributed by atoms with Gasteiger partial charge in [-0.1, -0.05) is 17.7 Å². The SMILES string of the molecule is NCCn1nnnc1-c1c(F)cccc1Cl. The van der Waals surface area contributed by atoms with Crippen LogP contribution in [0.5, 0.6) is 0 Å². The number of nitrogens with two attached hydrogens (primary N) is 1. The number of nitrogens with zero attached hydrogens (tertiary/aromatic N) is 4.